The van der Waals surface area contributed by atoms with E-state index in [1.165, 1.54) is 4.88 Å². The predicted octanol–water partition coefficient (Wildman–Crippen LogP) is 2.05. The van der Waals surface area contributed by atoms with Crippen molar-refractivity contribution in [3.05, 3.63) is 15.6 Å². The summed E-state index contributed by atoms with van der Waals surface area (Å²) in [4.78, 5) is 19.7. The number of aryl methyl sites for hydroxylation is 2. The number of nitrogens with zero attached hydrogens (tertiary/aromatic N) is 2. The first-order chi connectivity index (χ1) is 9.99. The molecule has 1 saturated heterocycles. The molecule has 1 aliphatic heterocycles. The molecule has 0 bridgehead atoms. The lowest BCUT2D eigenvalue weighted by Crippen LogP contribution is -2.39. The fraction of sp³-hybridized carbons (Fsp3) is 0.733. The number of nitrogens with one attached hydrogen (secondary N) is 1. The van der Waals surface area contributed by atoms with Crippen LogP contribution in [0, 0.1) is 13.8 Å². The molecule has 118 valence electrons. The average molecular weight is 311 g/mol. The first kappa shape index (κ1) is 16.4. The third-order valence-corrected chi connectivity index (χ3v) is 5.21. The molecule has 0 unspecified atom stereocenters. The molecule has 0 radical (unpaired) electrons. The third kappa shape index (κ3) is 4.25. The molecule has 2 heterocycles. The molecular formula is C15H25N3O2S. The summed E-state index contributed by atoms with van der Waals surface area (Å²) in [7, 11) is 1.86. The van der Waals surface area contributed by atoms with E-state index in [-0.39, 0.29) is 18.1 Å². The summed E-state index contributed by atoms with van der Waals surface area (Å²) in [6.07, 6.45) is 2.49. The van der Waals surface area contributed by atoms with Gasteiger partial charge in [0.2, 0.25) is 5.91 Å². The van der Waals surface area contributed by atoms with Gasteiger partial charge in [-0.25, -0.2) is 4.98 Å². The number of ether oxygens (including phenoxy) is 1. The highest BCUT2D eigenvalue weighted by Gasteiger charge is 2.22. The maximum Gasteiger partial charge on any atom is 0.236 e. The number of hydrogen-bond donors (Lipinski definition) is 1. The van der Waals surface area contributed by atoms with Crippen molar-refractivity contribution in [3.63, 3.8) is 0 Å². The molecule has 1 N–H and O–H groups in total. The third-order valence-electron chi connectivity index (χ3n) is 3.97. The van der Waals surface area contributed by atoms with Crippen LogP contribution in [0.5, 0.6) is 0 Å². The smallest absolute Gasteiger partial charge is 0.236 e. The maximum absolute atomic E-state index is 12.3. The number of likely N-dealkylation sites (N-methyl/N-ethyl adjacent to an activating group) is 1. The number of carbonyl (C=O) groups excluding carboxylic acids is 1. The largest absolute Gasteiger partial charge is 0.377 e. The van der Waals surface area contributed by atoms with Gasteiger partial charge in [0.15, 0.2) is 0 Å². The summed E-state index contributed by atoms with van der Waals surface area (Å²) in [5.41, 5.74) is 1.02. The van der Waals surface area contributed by atoms with Crippen LogP contribution in [-0.4, -0.2) is 48.6 Å². The summed E-state index contributed by atoms with van der Waals surface area (Å²) in [6, 6.07) is 0.0632. The Hall–Kier alpha value is -0.980. The van der Waals surface area contributed by atoms with Crippen molar-refractivity contribution < 1.29 is 9.53 Å². The van der Waals surface area contributed by atoms with Crippen LogP contribution < -0.4 is 5.32 Å². The van der Waals surface area contributed by atoms with E-state index in [0.717, 1.165) is 36.7 Å². The van der Waals surface area contributed by atoms with Gasteiger partial charge >= 0.3 is 0 Å². The van der Waals surface area contributed by atoms with E-state index in [2.05, 4.69) is 17.2 Å². The number of aromatic nitrogens is 1. The van der Waals surface area contributed by atoms with Crippen LogP contribution >= 0.6 is 11.3 Å². The quantitative estimate of drug-likeness (QED) is 0.873. The van der Waals surface area contributed by atoms with Crippen molar-refractivity contribution in [2.75, 3.05) is 26.7 Å². The highest BCUT2D eigenvalue weighted by atomic mass is 32.1. The van der Waals surface area contributed by atoms with Crippen LogP contribution in [0.2, 0.25) is 0 Å². The minimum atomic E-state index is 0.0632. The van der Waals surface area contributed by atoms with Gasteiger partial charge < -0.3 is 15.0 Å². The van der Waals surface area contributed by atoms with Crippen LogP contribution in [0.3, 0.4) is 0 Å². The van der Waals surface area contributed by atoms with Crippen molar-refractivity contribution in [2.45, 2.75) is 45.8 Å². The van der Waals surface area contributed by atoms with E-state index >= 15 is 0 Å². The standard InChI is InChI=1S/C15H25N3O2S/c1-10-15(21-12(3)17-10)11(2)18(4)14(19)9-16-8-13-6-5-7-20-13/h11,13,16H,5-9H2,1-4H3/t11-,13-/m1/s1. The van der Waals surface area contributed by atoms with Crippen molar-refractivity contribution in [1.82, 2.24) is 15.2 Å². The molecule has 1 amide bonds. The number of carbonyl (C=O) groups is 1. The van der Waals surface area contributed by atoms with Gasteiger partial charge in [0.25, 0.3) is 0 Å². The van der Waals surface area contributed by atoms with Crippen molar-refractivity contribution in [1.29, 1.82) is 0 Å². The Bertz CT molecular complexity index is 483. The Balaban J connectivity index is 1.82. The molecule has 21 heavy (non-hydrogen) atoms. The fourth-order valence-corrected chi connectivity index (χ4v) is 3.62. The van der Waals surface area contributed by atoms with Crippen molar-refractivity contribution >= 4 is 17.2 Å². The Morgan fingerprint density at radius 3 is 2.90 bits per heavy atom. The molecule has 0 aliphatic carbocycles. The molecule has 2 atom stereocenters. The lowest BCUT2D eigenvalue weighted by Gasteiger charge is -2.25. The summed E-state index contributed by atoms with van der Waals surface area (Å²) in [6.45, 7) is 8.02. The second kappa shape index (κ2) is 7.33. The van der Waals surface area contributed by atoms with Gasteiger partial charge in [-0.3, -0.25) is 4.79 Å². The van der Waals surface area contributed by atoms with Gasteiger partial charge in [-0.05, 0) is 33.6 Å². The predicted molar refractivity (Wildman–Crippen MR) is 84.6 cm³/mol. The van der Waals surface area contributed by atoms with Crippen LogP contribution in [-0.2, 0) is 9.53 Å². The second-order valence-corrected chi connectivity index (χ2v) is 6.86. The van der Waals surface area contributed by atoms with E-state index in [0.29, 0.717) is 6.54 Å². The molecule has 0 aromatic carbocycles. The Labute approximate surface area is 130 Å². The molecule has 0 spiro atoms. The lowest BCUT2D eigenvalue weighted by molar-refractivity contribution is -0.130. The first-order valence-electron chi connectivity index (χ1n) is 7.51. The minimum absolute atomic E-state index is 0.0632. The zero-order chi connectivity index (χ0) is 15.4. The summed E-state index contributed by atoms with van der Waals surface area (Å²) >= 11 is 1.67. The van der Waals surface area contributed by atoms with Crippen LogP contribution in [0.1, 0.15) is 41.4 Å². The molecule has 1 aliphatic rings. The topological polar surface area (TPSA) is 54.5 Å². The number of rotatable bonds is 6. The zero-order valence-corrected chi connectivity index (χ0v) is 14.1. The van der Waals surface area contributed by atoms with Gasteiger partial charge in [0.05, 0.1) is 29.4 Å². The molecule has 1 aromatic heterocycles. The summed E-state index contributed by atoms with van der Waals surface area (Å²) in [5.74, 6) is 0.103. The maximum atomic E-state index is 12.3. The number of thiazole rings is 1. The van der Waals surface area contributed by atoms with Crippen molar-refractivity contribution in [2.24, 2.45) is 0 Å². The van der Waals surface area contributed by atoms with E-state index in [1.54, 1.807) is 16.2 Å². The van der Waals surface area contributed by atoms with Gasteiger partial charge in [-0.2, -0.15) is 0 Å². The number of amides is 1. The molecule has 1 aromatic rings. The van der Waals surface area contributed by atoms with Gasteiger partial charge in [0, 0.05) is 25.1 Å². The first-order valence-corrected chi connectivity index (χ1v) is 8.32. The van der Waals surface area contributed by atoms with Crippen molar-refractivity contribution in [3.8, 4) is 0 Å². The van der Waals surface area contributed by atoms with E-state index in [1.807, 2.05) is 20.9 Å². The van der Waals surface area contributed by atoms with Crippen LogP contribution in [0.4, 0.5) is 0 Å². The summed E-state index contributed by atoms with van der Waals surface area (Å²) in [5, 5.41) is 4.25. The van der Waals surface area contributed by atoms with E-state index < -0.39 is 0 Å². The normalized spacial score (nSPS) is 19.7. The fourth-order valence-electron chi connectivity index (χ4n) is 2.60. The Morgan fingerprint density at radius 1 is 1.57 bits per heavy atom. The average Bonchev–Trinajstić information content (AvgIpc) is 3.06. The molecule has 6 heteroatoms. The molecule has 1 fully saturated rings. The highest BCUT2D eigenvalue weighted by molar-refractivity contribution is 7.11. The lowest BCUT2D eigenvalue weighted by atomic mass is 10.2. The number of hydrogen-bond acceptors (Lipinski definition) is 5. The van der Waals surface area contributed by atoms with Gasteiger partial charge in [0.1, 0.15) is 0 Å². The van der Waals surface area contributed by atoms with E-state index in [4.69, 9.17) is 4.74 Å². The highest BCUT2D eigenvalue weighted by Crippen LogP contribution is 2.28. The Kier molecular flexibility index (Phi) is 5.72. The van der Waals surface area contributed by atoms with E-state index in [9.17, 15) is 4.79 Å². The SMILES string of the molecule is Cc1nc(C)c([C@@H](C)N(C)C(=O)CNC[C@H]2CCCO2)s1. The van der Waals surface area contributed by atoms with Crippen LogP contribution in [0.25, 0.3) is 0 Å². The molecule has 0 saturated carbocycles. The monoisotopic (exact) mass is 311 g/mol. The molecule has 5 nitrogen and oxygen atoms in total. The zero-order valence-electron chi connectivity index (χ0n) is 13.3. The van der Waals surface area contributed by atoms with Gasteiger partial charge in [-0.1, -0.05) is 0 Å². The Morgan fingerprint density at radius 2 is 2.33 bits per heavy atom. The molecular weight excluding hydrogens is 286 g/mol. The minimum Gasteiger partial charge on any atom is -0.377 e. The van der Waals surface area contributed by atoms with Gasteiger partial charge in [-0.15, -0.1) is 11.3 Å². The van der Waals surface area contributed by atoms with Crippen LogP contribution in [0.15, 0.2) is 0 Å². The summed E-state index contributed by atoms with van der Waals surface area (Å²) < 4.78 is 5.54. The second-order valence-electron chi connectivity index (χ2n) is 5.63. The molecule has 2 rings (SSSR count).